The molecule has 1 unspecified atom stereocenters. The molecule has 9 heteroatoms. The lowest BCUT2D eigenvalue weighted by molar-refractivity contribution is -0.161. The topological polar surface area (TPSA) is 108 Å². The average molecular weight is 605 g/mol. The molecule has 0 saturated carbocycles. The number of carbonyl (C=O) groups is 2. The molecule has 0 aliphatic rings. The zero-order valence-electron chi connectivity index (χ0n) is 26.5. The zero-order valence-corrected chi connectivity index (χ0v) is 27.3. The number of allylic oxidation sites excluding steroid dienone is 2. The lowest BCUT2D eigenvalue weighted by Crippen LogP contribution is -2.29. The number of hydrogen-bond acceptors (Lipinski definition) is 7. The van der Waals surface area contributed by atoms with E-state index in [4.69, 9.17) is 18.5 Å². The molecule has 0 rings (SSSR count). The van der Waals surface area contributed by atoms with Crippen LogP contribution in [-0.4, -0.2) is 42.8 Å². The Morgan fingerprint density at radius 1 is 0.683 bits per heavy atom. The second-order valence-electron chi connectivity index (χ2n) is 10.8. The monoisotopic (exact) mass is 604 g/mol. The molecule has 0 saturated heterocycles. The van der Waals surface area contributed by atoms with Crippen LogP contribution in [0.2, 0.25) is 0 Å². The van der Waals surface area contributed by atoms with Crippen LogP contribution < -0.4 is 0 Å². The zero-order chi connectivity index (χ0) is 30.4. The van der Waals surface area contributed by atoms with E-state index in [9.17, 15) is 19.0 Å². The summed E-state index contributed by atoms with van der Waals surface area (Å²) < 4.78 is 32.3. The van der Waals surface area contributed by atoms with Crippen molar-refractivity contribution in [1.29, 1.82) is 0 Å². The normalized spacial score (nSPS) is 13.8. The van der Waals surface area contributed by atoms with Crippen LogP contribution in [0.3, 0.4) is 0 Å². The number of unbranched alkanes of at least 4 members (excludes halogenated alkanes) is 17. The van der Waals surface area contributed by atoms with Crippen LogP contribution in [0, 0.1) is 0 Å². The highest BCUT2D eigenvalue weighted by Gasteiger charge is 2.25. The van der Waals surface area contributed by atoms with Crippen LogP contribution in [0.25, 0.3) is 0 Å². The fourth-order valence-corrected chi connectivity index (χ4v) is 5.27. The van der Waals surface area contributed by atoms with Gasteiger partial charge in [0.2, 0.25) is 0 Å². The van der Waals surface area contributed by atoms with Crippen molar-refractivity contribution in [1.82, 2.24) is 0 Å². The Morgan fingerprint density at radius 2 is 1.17 bits per heavy atom. The number of ether oxygens (including phenoxy) is 2. The third kappa shape index (κ3) is 28.7. The van der Waals surface area contributed by atoms with E-state index in [2.05, 4.69) is 19.1 Å². The highest BCUT2D eigenvalue weighted by atomic mass is 31.2. The summed E-state index contributed by atoms with van der Waals surface area (Å²) in [6, 6.07) is 0. The first-order chi connectivity index (χ1) is 19.8. The van der Waals surface area contributed by atoms with Crippen LogP contribution in [0.4, 0.5) is 0 Å². The Labute approximate surface area is 250 Å². The number of phosphoric ester groups is 1. The van der Waals surface area contributed by atoms with Gasteiger partial charge in [-0.2, -0.15) is 0 Å². The predicted molar refractivity (Wildman–Crippen MR) is 166 cm³/mol. The standard InChI is InChI=1S/C32H61O8P/c1-4-7-9-11-13-15-16-17-18-19-21-22-24-26-31(33)37-28-30(29-39-41(35,36)38-6-3)40-32(34)27-25-23-20-14-12-10-8-5-2/h5,8,30H,4,6-7,9-29H2,1-3H3,(H,35,36)/b8-5+/t30-/m1/s1. The Hall–Kier alpha value is -1.21. The number of carbonyl (C=O) groups excluding carboxylic acids is 2. The molecule has 0 aliphatic heterocycles. The van der Waals surface area contributed by atoms with Gasteiger partial charge in [0.05, 0.1) is 13.2 Å². The lowest BCUT2D eigenvalue weighted by atomic mass is 10.0. The van der Waals surface area contributed by atoms with Gasteiger partial charge < -0.3 is 14.4 Å². The molecule has 41 heavy (non-hydrogen) atoms. The molecule has 0 bridgehead atoms. The first kappa shape index (κ1) is 39.8. The third-order valence-electron chi connectivity index (χ3n) is 6.92. The van der Waals surface area contributed by atoms with Gasteiger partial charge in [0.1, 0.15) is 6.61 Å². The molecule has 0 fully saturated rings. The molecule has 0 aliphatic carbocycles. The van der Waals surface area contributed by atoms with E-state index in [1.807, 2.05) is 6.92 Å². The summed E-state index contributed by atoms with van der Waals surface area (Å²) in [6.07, 6.45) is 25.8. The molecule has 0 heterocycles. The second-order valence-corrected chi connectivity index (χ2v) is 12.3. The number of hydrogen-bond donors (Lipinski definition) is 1. The summed E-state index contributed by atoms with van der Waals surface area (Å²) in [5, 5.41) is 0. The second kappa shape index (κ2) is 28.9. The lowest BCUT2D eigenvalue weighted by Gasteiger charge is -2.19. The minimum Gasteiger partial charge on any atom is -0.462 e. The van der Waals surface area contributed by atoms with Crippen molar-refractivity contribution in [2.75, 3.05) is 19.8 Å². The molecular formula is C32H61O8P. The first-order valence-electron chi connectivity index (χ1n) is 16.4. The van der Waals surface area contributed by atoms with E-state index in [0.717, 1.165) is 51.4 Å². The van der Waals surface area contributed by atoms with Crippen molar-refractivity contribution in [3.8, 4) is 0 Å². The van der Waals surface area contributed by atoms with Crippen molar-refractivity contribution in [3.05, 3.63) is 12.2 Å². The van der Waals surface area contributed by atoms with Crippen molar-refractivity contribution in [2.45, 2.75) is 162 Å². The molecule has 0 aromatic carbocycles. The summed E-state index contributed by atoms with van der Waals surface area (Å²) >= 11 is 0. The SMILES string of the molecule is C/C=C/CCCCCCCC(=O)O[C@H](COC(=O)CCCCCCCCCCCCCCC)COP(=O)(O)OCC. The highest BCUT2D eigenvalue weighted by Crippen LogP contribution is 2.43. The van der Waals surface area contributed by atoms with Crippen molar-refractivity contribution < 1.29 is 37.6 Å². The molecule has 0 radical (unpaired) electrons. The highest BCUT2D eigenvalue weighted by molar-refractivity contribution is 7.47. The molecular weight excluding hydrogens is 543 g/mol. The summed E-state index contributed by atoms with van der Waals surface area (Å²) in [5.41, 5.74) is 0. The van der Waals surface area contributed by atoms with E-state index in [1.54, 1.807) is 6.92 Å². The predicted octanol–water partition coefficient (Wildman–Crippen LogP) is 9.38. The maximum absolute atomic E-state index is 12.3. The van der Waals surface area contributed by atoms with Gasteiger partial charge in [0.15, 0.2) is 6.10 Å². The van der Waals surface area contributed by atoms with E-state index < -0.39 is 26.5 Å². The smallest absolute Gasteiger partial charge is 0.462 e. The van der Waals surface area contributed by atoms with Crippen molar-refractivity contribution in [3.63, 3.8) is 0 Å². The van der Waals surface area contributed by atoms with Gasteiger partial charge in [0, 0.05) is 12.8 Å². The third-order valence-corrected chi connectivity index (χ3v) is 7.98. The molecule has 0 amide bonds. The summed E-state index contributed by atoms with van der Waals surface area (Å²) in [5.74, 6) is -0.812. The molecule has 0 aromatic rings. The molecule has 8 nitrogen and oxygen atoms in total. The first-order valence-corrected chi connectivity index (χ1v) is 17.9. The van der Waals surface area contributed by atoms with Crippen LogP contribution >= 0.6 is 7.82 Å². The van der Waals surface area contributed by atoms with Gasteiger partial charge in [-0.1, -0.05) is 115 Å². The summed E-state index contributed by atoms with van der Waals surface area (Å²) in [7, 11) is -4.26. The summed E-state index contributed by atoms with van der Waals surface area (Å²) in [6.45, 7) is 5.22. The van der Waals surface area contributed by atoms with Gasteiger partial charge >= 0.3 is 19.8 Å². The van der Waals surface area contributed by atoms with E-state index in [1.165, 1.54) is 64.2 Å². The Kier molecular flexibility index (Phi) is 28.0. The number of phosphoric acid groups is 1. The van der Waals surface area contributed by atoms with E-state index in [0.29, 0.717) is 12.8 Å². The van der Waals surface area contributed by atoms with Gasteiger partial charge in [-0.05, 0) is 39.5 Å². The molecule has 0 spiro atoms. The van der Waals surface area contributed by atoms with Gasteiger partial charge in [-0.25, -0.2) is 4.57 Å². The van der Waals surface area contributed by atoms with Crippen LogP contribution in [-0.2, 0) is 32.7 Å². The largest absolute Gasteiger partial charge is 0.472 e. The van der Waals surface area contributed by atoms with Crippen molar-refractivity contribution in [2.24, 2.45) is 0 Å². The molecule has 2 atom stereocenters. The quantitative estimate of drug-likeness (QED) is 0.0374. The fraction of sp³-hybridized carbons (Fsp3) is 0.875. The van der Waals surface area contributed by atoms with Crippen LogP contribution in [0.5, 0.6) is 0 Å². The molecule has 1 N–H and O–H groups in total. The van der Waals surface area contributed by atoms with E-state index >= 15 is 0 Å². The van der Waals surface area contributed by atoms with Gasteiger partial charge in [0.25, 0.3) is 0 Å². The van der Waals surface area contributed by atoms with Gasteiger partial charge in [-0.3, -0.25) is 18.6 Å². The van der Waals surface area contributed by atoms with Crippen LogP contribution in [0.15, 0.2) is 12.2 Å². The summed E-state index contributed by atoms with van der Waals surface area (Å²) in [4.78, 5) is 34.3. The molecule has 242 valence electrons. The Morgan fingerprint density at radius 3 is 1.68 bits per heavy atom. The van der Waals surface area contributed by atoms with Crippen molar-refractivity contribution >= 4 is 19.8 Å². The van der Waals surface area contributed by atoms with Crippen LogP contribution in [0.1, 0.15) is 156 Å². The Balaban J connectivity index is 4.17. The van der Waals surface area contributed by atoms with E-state index in [-0.39, 0.29) is 25.6 Å². The molecule has 0 aromatic heterocycles. The Bertz CT molecular complexity index is 697. The minimum atomic E-state index is -4.26. The minimum absolute atomic E-state index is 0.00107. The fourth-order valence-electron chi connectivity index (χ4n) is 4.51. The maximum Gasteiger partial charge on any atom is 0.472 e. The maximum atomic E-state index is 12.3. The average Bonchev–Trinajstić information content (AvgIpc) is 2.94. The number of esters is 2. The van der Waals surface area contributed by atoms with Gasteiger partial charge in [-0.15, -0.1) is 0 Å². The number of rotatable bonds is 30.